The Morgan fingerprint density at radius 2 is 1.82 bits per heavy atom. The van der Waals surface area contributed by atoms with Gasteiger partial charge in [0.15, 0.2) is 0 Å². The Labute approximate surface area is 195 Å². The van der Waals surface area contributed by atoms with Crippen molar-refractivity contribution in [2.75, 3.05) is 5.32 Å². The van der Waals surface area contributed by atoms with Gasteiger partial charge in [0.05, 0.1) is 35.2 Å². The summed E-state index contributed by atoms with van der Waals surface area (Å²) in [6, 6.07) is 12.6. The molecule has 1 unspecified atom stereocenters. The molecule has 1 N–H and O–H groups in total. The Morgan fingerprint density at radius 3 is 2.62 bits per heavy atom. The average molecular weight is 450 g/mol. The molecule has 0 amide bonds. The van der Waals surface area contributed by atoms with Crippen LogP contribution in [0.25, 0.3) is 33.1 Å². The van der Waals surface area contributed by atoms with Crippen molar-refractivity contribution in [2.24, 2.45) is 21.1 Å². The van der Waals surface area contributed by atoms with E-state index in [1.165, 1.54) is 10.9 Å². The summed E-state index contributed by atoms with van der Waals surface area (Å²) in [4.78, 5) is 9.27. The molecule has 9 heteroatoms. The maximum atomic E-state index is 4.66. The third kappa shape index (κ3) is 3.38. The number of aromatic nitrogens is 8. The number of rotatable bonds is 5. The van der Waals surface area contributed by atoms with Crippen LogP contribution in [0.5, 0.6) is 0 Å². The number of nitrogens with one attached hydrogen (secondary N) is 1. The molecule has 9 nitrogen and oxygen atoms in total. The van der Waals surface area contributed by atoms with E-state index in [2.05, 4.69) is 78.8 Å². The van der Waals surface area contributed by atoms with E-state index < -0.39 is 0 Å². The molecule has 2 aromatic carbocycles. The number of aryl methyl sites for hydroxylation is 3. The van der Waals surface area contributed by atoms with Gasteiger partial charge >= 0.3 is 0 Å². The lowest BCUT2D eigenvalue weighted by Crippen LogP contribution is -2.16. The monoisotopic (exact) mass is 449 g/mol. The first-order valence-corrected chi connectivity index (χ1v) is 11.0. The molecule has 0 aliphatic heterocycles. The minimum atomic E-state index is -0.189. The molecule has 0 radical (unpaired) electrons. The Balaban J connectivity index is 1.50. The van der Waals surface area contributed by atoms with E-state index in [0.29, 0.717) is 0 Å². The molecule has 1 atom stereocenters. The van der Waals surface area contributed by atoms with E-state index in [1.54, 1.807) is 28.0 Å². The number of anilines is 1. The summed E-state index contributed by atoms with van der Waals surface area (Å²) in [5.74, 6) is 0. The van der Waals surface area contributed by atoms with Crippen LogP contribution in [-0.2, 0) is 21.1 Å². The molecular weight excluding hydrogens is 426 g/mol. The molecule has 168 valence electrons. The predicted molar refractivity (Wildman–Crippen MR) is 131 cm³/mol. The van der Waals surface area contributed by atoms with Gasteiger partial charge in [-0.3, -0.25) is 14.6 Å². The normalized spacial score (nSPS) is 12.4. The van der Waals surface area contributed by atoms with E-state index in [0.717, 1.165) is 39.1 Å². The molecule has 34 heavy (non-hydrogen) atoms. The summed E-state index contributed by atoms with van der Waals surface area (Å²) in [7, 11) is 5.85. The lowest BCUT2D eigenvalue weighted by Gasteiger charge is -2.20. The number of nitrogens with zero attached hydrogens (tertiary/aromatic N) is 8. The quantitative estimate of drug-likeness (QED) is 0.430. The minimum absolute atomic E-state index is 0.189. The number of hydrogen-bond acceptors (Lipinski definition) is 6. The van der Waals surface area contributed by atoms with Gasteiger partial charge in [0.25, 0.3) is 0 Å². The fraction of sp³-hybridized carbons (Fsp3) is 0.160. The first kappa shape index (κ1) is 20.1. The molecule has 0 saturated heterocycles. The number of fused-ring (bicyclic) bond motifs is 2. The van der Waals surface area contributed by atoms with Crippen LogP contribution in [0.3, 0.4) is 0 Å². The largest absolute Gasteiger partial charge is 0.373 e. The molecule has 6 rings (SSSR count). The molecule has 0 aliphatic rings. The fourth-order valence-electron chi connectivity index (χ4n) is 4.45. The Bertz CT molecular complexity index is 1640. The summed E-state index contributed by atoms with van der Waals surface area (Å²) in [5.41, 5.74) is 7.82. The molecule has 4 aromatic heterocycles. The van der Waals surface area contributed by atoms with Crippen molar-refractivity contribution in [1.29, 1.82) is 0 Å². The van der Waals surface area contributed by atoms with E-state index in [-0.39, 0.29) is 6.04 Å². The zero-order chi connectivity index (χ0) is 23.2. The smallest absolute Gasteiger partial charge is 0.0983 e. The van der Waals surface area contributed by atoms with Crippen LogP contribution < -0.4 is 5.32 Å². The Hall–Kier alpha value is -4.53. The second-order valence-corrected chi connectivity index (χ2v) is 8.46. The third-order valence-corrected chi connectivity index (χ3v) is 6.19. The van der Waals surface area contributed by atoms with Crippen LogP contribution in [0.2, 0.25) is 0 Å². The fourth-order valence-corrected chi connectivity index (χ4v) is 4.45. The van der Waals surface area contributed by atoms with Crippen LogP contribution in [0.4, 0.5) is 5.69 Å². The summed E-state index contributed by atoms with van der Waals surface area (Å²) in [6.45, 7) is 0. The van der Waals surface area contributed by atoms with Crippen molar-refractivity contribution in [3.8, 4) is 11.1 Å². The highest BCUT2D eigenvalue weighted by atomic mass is 15.4. The van der Waals surface area contributed by atoms with Gasteiger partial charge in [0.1, 0.15) is 0 Å². The second-order valence-electron chi connectivity index (χ2n) is 8.46. The van der Waals surface area contributed by atoms with Crippen LogP contribution in [0, 0.1) is 0 Å². The third-order valence-electron chi connectivity index (χ3n) is 6.19. The van der Waals surface area contributed by atoms with Crippen LogP contribution >= 0.6 is 0 Å². The highest BCUT2D eigenvalue weighted by molar-refractivity contribution is 5.97. The number of benzene rings is 2. The standard InChI is InChI=1S/C25H23N9/c1-32-9-6-16-4-5-17(10-22(16)32)20-11-19(12-21-25(20)27-8-7-26-21)30-24(18-13-29-33(2)15-18)23-14-28-31-34(23)3/h4-15,24,30H,1-3H3. The Kier molecular flexibility index (Phi) is 4.61. The summed E-state index contributed by atoms with van der Waals surface area (Å²) >= 11 is 0. The van der Waals surface area contributed by atoms with Gasteiger partial charge in [-0.05, 0) is 35.2 Å². The molecule has 0 aliphatic carbocycles. The first-order valence-electron chi connectivity index (χ1n) is 11.0. The zero-order valence-corrected chi connectivity index (χ0v) is 19.1. The first-order chi connectivity index (χ1) is 16.6. The molecule has 0 spiro atoms. The lowest BCUT2D eigenvalue weighted by atomic mass is 10.0. The van der Waals surface area contributed by atoms with Crippen molar-refractivity contribution < 1.29 is 0 Å². The summed E-state index contributed by atoms with van der Waals surface area (Å²) < 4.78 is 5.69. The summed E-state index contributed by atoms with van der Waals surface area (Å²) in [6.07, 6.45) is 11.2. The molecule has 6 aromatic rings. The van der Waals surface area contributed by atoms with Crippen molar-refractivity contribution in [1.82, 2.24) is 39.3 Å². The van der Waals surface area contributed by atoms with Crippen LogP contribution in [-0.4, -0.2) is 39.3 Å². The molecule has 0 bridgehead atoms. The second kappa shape index (κ2) is 7.80. The number of hydrogen-bond donors (Lipinski definition) is 1. The van der Waals surface area contributed by atoms with E-state index in [9.17, 15) is 0 Å². The van der Waals surface area contributed by atoms with E-state index in [4.69, 9.17) is 0 Å². The summed E-state index contributed by atoms with van der Waals surface area (Å²) in [5, 5.41) is 17.5. The van der Waals surface area contributed by atoms with Gasteiger partial charge in [-0.25, -0.2) is 4.68 Å². The van der Waals surface area contributed by atoms with Gasteiger partial charge in [0, 0.05) is 68.3 Å². The van der Waals surface area contributed by atoms with E-state index in [1.807, 2.05) is 32.6 Å². The molecule has 4 heterocycles. The average Bonchev–Trinajstić information content (AvgIpc) is 3.57. The SMILES string of the molecule is Cn1cc(C(Nc2cc(-c3ccc4ccn(C)c4c3)c3nccnc3c2)c2cnnn2C)cn1. The van der Waals surface area contributed by atoms with Gasteiger partial charge < -0.3 is 9.88 Å². The topological polar surface area (TPSA) is 91.3 Å². The maximum absolute atomic E-state index is 4.66. The van der Waals surface area contributed by atoms with Crippen LogP contribution in [0.1, 0.15) is 17.3 Å². The highest BCUT2D eigenvalue weighted by Gasteiger charge is 2.21. The Morgan fingerprint density at radius 1 is 0.941 bits per heavy atom. The van der Waals surface area contributed by atoms with Gasteiger partial charge in [-0.1, -0.05) is 17.3 Å². The van der Waals surface area contributed by atoms with Crippen molar-refractivity contribution in [3.05, 3.63) is 84.8 Å². The zero-order valence-electron chi connectivity index (χ0n) is 19.1. The molecular formula is C25H23N9. The van der Waals surface area contributed by atoms with Gasteiger partial charge in [0.2, 0.25) is 0 Å². The molecule has 0 fully saturated rings. The maximum Gasteiger partial charge on any atom is 0.0983 e. The van der Waals surface area contributed by atoms with Gasteiger partial charge in [-0.15, -0.1) is 5.10 Å². The van der Waals surface area contributed by atoms with E-state index >= 15 is 0 Å². The highest BCUT2D eigenvalue weighted by Crippen LogP contribution is 2.34. The lowest BCUT2D eigenvalue weighted by molar-refractivity contribution is 0.663. The minimum Gasteiger partial charge on any atom is -0.373 e. The van der Waals surface area contributed by atoms with Crippen molar-refractivity contribution >= 4 is 27.6 Å². The van der Waals surface area contributed by atoms with Crippen LogP contribution in [0.15, 0.2) is 73.6 Å². The predicted octanol–water partition coefficient (Wildman–Crippen LogP) is 3.85. The molecule has 0 saturated carbocycles. The van der Waals surface area contributed by atoms with Crippen molar-refractivity contribution in [3.63, 3.8) is 0 Å². The van der Waals surface area contributed by atoms with Gasteiger partial charge in [-0.2, -0.15) is 5.10 Å². The van der Waals surface area contributed by atoms with Crippen molar-refractivity contribution in [2.45, 2.75) is 6.04 Å².